The largest absolute Gasteiger partial charge is 0.492 e. The van der Waals surface area contributed by atoms with Crippen LogP contribution >= 0.6 is 0 Å². The number of hydrogen-bond donors (Lipinski definition) is 3. The van der Waals surface area contributed by atoms with Crippen LogP contribution in [0.15, 0.2) is 23.2 Å². The number of carbonyl (C=O) groups excluding carboxylic acids is 1. The lowest BCUT2D eigenvalue weighted by atomic mass is 10.1. The van der Waals surface area contributed by atoms with E-state index in [9.17, 15) is 4.79 Å². The second-order valence-corrected chi connectivity index (χ2v) is 3.76. The quantitative estimate of drug-likeness (QED) is 0.571. The predicted molar refractivity (Wildman–Crippen MR) is 76.7 cm³/mol. The monoisotopic (exact) mass is 264 g/mol. The Kier molecular flexibility index (Phi) is 5.66. The Labute approximate surface area is 113 Å². The zero-order chi connectivity index (χ0) is 14.3. The second-order valence-electron chi connectivity index (χ2n) is 3.76. The van der Waals surface area contributed by atoms with Gasteiger partial charge < -0.3 is 15.8 Å². The molecule has 104 valence electrons. The van der Waals surface area contributed by atoms with E-state index < -0.39 is 6.03 Å². The van der Waals surface area contributed by atoms with E-state index in [4.69, 9.17) is 10.5 Å². The summed E-state index contributed by atoms with van der Waals surface area (Å²) in [6, 6.07) is 5.21. The van der Waals surface area contributed by atoms with Crippen LogP contribution in [0.2, 0.25) is 0 Å². The van der Waals surface area contributed by atoms with E-state index in [1.807, 2.05) is 32.0 Å². The van der Waals surface area contributed by atoms with Gasteiger partial charge in [0.2, 0.25) is 0 Å². The maximum Gasteiger partial charge on any atom is 0.326 e. The van der Waals surface area contributed by atoms with Crippen LogP contribution in [-0.4, -0.2) is 25.6 Å². The summed E-state index contributed by atoms with van der Waals surface area (Å²) >= 11 is 0. The average molecular weight is 264 g/mol. The number of para-hydroxylation sites is 1. The highest BCUT2D eigenvalue weighted by Gasteiger charge is 2.12. The van der Waals surface area contributed by atoms with Gasteiger partial charge in [-0.2, -0.15) is 0 Å². The third kappa shape index (κ3) is 4.17. The zero-order valence-corrected chi connectivity index (χ0v) is 11.5. The molecule has 0 aliphatic carbocycles. The molecule has 0 radical (unpaired) electrons. The molecule has 0 aromatic heterocycles. The standard InChI is InChI=1S/C13H20N4O2/c1-4-9-7-6-8-10(19-5-2)11(9)16-13(18)17-12(14)15-3/h6-8H,4-5H2,1-3H3,(H4,14,15,16,17,18). The highest BCUT2D eigenvalue weighted by Crippen LogP contribution is 2.28. The molecule has 0 fully saturated rings. The molecule has 6 heteroatoms. The van der Waals surface area contributed by atoms with Crippen LogP contribution in [0.4, 0.5) is 10.5 Å². The van der Waals surface area contributed by atoms with Crippen molar-refractivity contribution in [3.05, 3.63) is 23.8 Å². The zero-order valence-electron chi connectivity index (χ0n) is 11.5. The molecule has 19 heavy (non-hydrogen) atoms. The molecule has 0 heterocycles. The number of aliphatic imine (C=N–C) groups is 1. The summed E-state index contributed by atoms with van der Waals surface area (Å²) in [6.07, 6.45) is 0.786. The molecule has 0 atom stereocenters. The van der Waals surface area contributed by atoms with E-state index in [2.05, 4.69) is 15.6 Å². The topological polar surface area (TPSA) is 88.7 Å². The van der Waals surface area contributed by atoms with Crippen LogP contribution in [0, 0.1) is 0 Å². The van der Waals surface area contributed by atoms with E-state index in [-0.39, 0.29) is 5.96 Å². The number of benzene rings is 1. The van der Waals surface area contributed by atoms with E-state index in [1.54, 1.807) is 0 Å². The molecule has 1 aromatic carbocycles. The van der Waals surface area contributed by atoms with Crippen LogP contribution in [0.3, 0.4) is 0 Å². The summed E-state index contributed by atoms with van der Waals surface area (Å²) < 4.78 is 5.51. The average Bonchev–Trinajstić information content (AvgIpc) is 2.40. The van der Waals surface area contributed by atoms with Crippen molar-refractivity contribution in [1.82, 2.24) is 5.32 Å². The number of anilines is 1. The van der Waals surface area contributed by atoms with Crippen LogP contribution in [0.25, 0.3) is 0 Å². The van der Waals surface area contributed by atoms with Crippen molar-refractivity contribution in [2.24, 2.45) is 10.7 Å². The molecule has 0 aliphatic rings. The maximum atomic E-state index is 11.8. The van der Waals surface area contributed by atoms with Crippen LogP contribution in [0.5, 0.6) is 5.75 Å². The SMILES string of the molecule is CCOc1cccc(CC)c1NC(=O)NC(N)=NC. The number of guanidine groups is 1. The van der Waals surface area contributed by atoms with Crippen molar-refractivity contribution in [1.29, 1.82) is 0 Å². The first-order valence-electron chi connectivity index (χ1n) is 6.17. The van der Waals surface area contributed by atoms with E-state index >= 15 is 0 Å². The molecule has 0 aliphatic heterocycles. The van der Waals surface area contributed by atoms with Gasteiger partial charge in [0.1, 0.15) is 5.75 Å². The van der Waals surface area contributed by atoms with Gasteiger partial charge in [0.15, 0.2) is 5.96 Å². The van der Waals surface area contributed by atoms with E-state index in [0.717, 1.165) is 12.0 Å². The van der Waals surface area contributed by atoms with Crippen molar-refractivity contribution in [2.75, 3.05) is 19.0 Å². The van der Waals surface area contributed by atoms with Crippen molar-refractivity contribution in [2.45, 2.75) is 20.3 Å². The number of urea groups is 1. The fourth-order valence-corrected chi connectivity index (χ4v) is 1.61. The van der Waals surface area contributed by atoms with Crippen molar-refractivity contribution < 1.29 is 9.53 Å². The minimum absolute atomic E-state index is 0.0597. The Balaban J connectivity index is 2.94. The first kappa shape index (κ1) is 14.8. The summed E-state index contributed by atoms with van der Waals surface area (Å²) in [5.74, 6) is 0.702. The molecule has 0 saturated heterocycles. The van der Waals surface area contributed by atoms with Gasteiger partial charge in [0.05, 0.1) is 12.3 Å². The number of hydrogen-bond acceptors (Lipinski definition) is 3. The molecule has 2 amide bonds. The lowest BCUT2D eigenvalue weighted by Crippen LogP contribution is -2.39. The molecule has 0 bridgehead atoms. The van der Waals surface area contributed by atoms with E-state index in [0.29, 0.717) is 18.0 Å². The van der Waals surface area contributed by atoms with Crippen molar-refractivity contribution in [3.63, 3.8) is 0 Å². The molecule has 0 saturated carbocycles. The first-order chi connectivity index (χ1) is 9.12. The highest BCUT2D eigenvalue weighted by molar-refractivity contribution is 6.02. The van der Waals surface area contributed by atoms with Gasteiger partial charge in [-0.05, 0) is 25.0 Å². The maximum absolute atomic E-state index is 11.8. The summed E-state index contributed by atoms with van der Waals surface area (Å²) in [4.78, 5) is 15.4. The smallest absolute Gasteiger partial charge is 0.326 e. The minimum Gasteiger partial charge on any atom is -0.492 e. The number of carbonyl (C=O) groups is 1. The Morgan fingerprint density at radius 1 is 1.42 bits per heavy atom. The second kappa shape index (κ2) is 7.25. The third-order valence-electron chi connectivity index (χ3n) is 2.51. The van der Waals surface area contributed by atoms with Crippen LogP contribution in [0.1, 0.15) is 19.4 Å². The molecule has 1 rings (SSSR count). The van der Waals surface area contributed by atoms with Gasteiger partial charge in [0.25, 0.3) is 0 Å². The van der Waals surface area contributed by atoms with Gasteiger partial charge in [-0.3, -0.25) is 10.3 Å². The van der Waals surface area contributed by atoms with Crippen LogP contribution in [-0.2, 0) is 6.42 Å². The third-order valence-corrected chi connectivity index (χ3v) is 2.51. The summed E-state index contributed by atoms with van der Waals surface area (Å²) in [5, 5.41) is 5.17. The normalized spacial score (nSPS) is 11.0. The Hall–Kier alpha value is -2.24. The lowest BCUT2D eigenvalue weighted by molar-refractivity contribution is 0.255. The van der Waals surface area contributed by atoms with Gasteiger partial charge in [-0.1, -0.05) is 19.1 Å². The number of nitrogens with two attached hydrogens (primary N) is 1. The van der Waals surface area contributed by atoms with Gasteiger partial charge in [0, 0.05) is 7.05 Å². The summed E-state index contributed by atoms with van der Waals surface area (Å²) in [7, 11) is 1.50. The number of rotatable bonds is 4. The molecule has 1 aromatic rings. The van der Waals surface area contributed by atoms with Gasteiger partial charge in [-0.15, -0.1) is 0 Å². The number of aryl methyl sites for hydroxylation is 1. The Bertz CT molecular complexity index is 472. The summed E-state index contributed by atoms with van der Waals surface area (Å²) in [6.45, 7) is 4.43. The number of ether oxygens (including phenoxy) is 1. The molecular formula is C13H20N4O2. The minimum atomic E-state index is -0.440. The van der Waals surface area contributed by atoms with Crippen molar-refractivity contribution in [3.8, 4) is 5.75 Å². The Morgan fingerprint density at radius 2 is 2.16 bits per heavy atom. The highest BCUT2D eigenvalue weighted by atomic mass is 16.5. The molecular weight excluding hydrogens is 244 g/mol. The Morgan fingerprint density at radius 3 is 2.74 bits per heavy atom. The van der Waals surface area contributed by atoms with Gasteiger partial charge >= 0.3 is 6.03 Å². The fraction of sp³-hybridized carbons (Fsp3) is 0.385. The molecule has 0 spiro atoms. The first-order valence-corrected chi connectivity index (χ1v) is 6.17. The number of nitrogens with one attached hydrogen (secondary N) is 2. The lowest BCUT2D eigenvalue weighted by Gasteiger charge is -2.15. The number of amides is 2. The molecule has 4 N–H and O–H groups in total. The molecule has 0 unspecified atom stereocenters. The van der Waals surface area contributed by atoms with E-state index in [1.165, 1.54) is 7.05 Å². The molecule has 6 nitrogen and oxygen atoms in total. The fourth-order valence-electron chi connectivity index (χ4n) is 1.61. The summed E-state index contributed by atoms with van der Waals surface area (Å²) in [5.41, 5.74) is 7.10. The number of nitrogens with zero attached hydrogens (tertiary/aromatic N) is 1. The predicted octanol–water partition coefficient (Wildman–Crippen LogP) is 1.71. The van der Waals surface area contributed by atoms with Crippen molar-refractivity contribution >= 4 is 17.7 Å². The van der Waals surface area contributed by atoms with Crippen LogP contribution < -0.4 is 21.1 Å². The van der Waals surface area contributed by atoms with Gasteiger partial charge in [-0.25, -0.2) is 4.79 Å².